The number of phenolic OH excluding ortho intramolecular Hbond substituents is 1. The summed E-state index contributed by atoms with van der Waals surface area (Å²) < 4.78 is 5.27. The molecule has 0 heterocycles. The SMILES string of the molecule is CCCOCCCNC(=O)Nc1ccc(C(=O)O)cc1O. The number of amides is 2. The van der Waals surface area contributed by atoms with Crippen molar-refractivity contribution >= 4 is 17.7 Å². The average molecular weight is 296 g/mol. The third-order valence-corrected chi connectivity index (χ3v) is 2.59. The first-order valence-electron chi connectivity index (χ1n) is 6.73. The van der Waals surface area contributed by atoms with Crippen LogP contribution in [0.5, 0.6) is 5.75 Å². The quantitative estimate of drug-likeness (QED) is 0.433. The lowest BCUT2D eigenvalue weighted by molar-refractivity contribution is 0.0696. The Labute approximate surface area is 122 Å². The number of ether oxygens (including phenoxy) is 1. The smallest absolute Gasteiger partial charge is 0.335 e. The fourth-order valence-electron chi connectivity index (χ4n) is 1.56. The summed E-state index contributed by atoms with van der Waals surface area (Å²) in [5.74, 6) is -1.44. The highest BCUT2D eigenvalue weighted by atomic mass is 16.5. The number of anilines is 1. The molecule has 0 aliphatic rings. The molecular formula is C14H20N2O5. The molecule has 116 valence electrons. The van der Waals surface area contributed by atoms with Crippen molar-refractivity contribution in [2.75, 3.05) is 25.1 Å². The van der Waals surface area contributed by atoms with Gasteiger partial charge in [0.25, 0.3) is 0 Å². The monoisotopic (exact) mass is 296 g/mol. The number of phenols is 1. The predicted molar refractivity (Wildman–Crippen MR) is 77.8 cm³/mol. The Hall–Kier alpha value is -2.28. The number of hydrogen-bond acceptors (Lipinski definition) is 4. The molecular weight excluding hydrogens is 276 g/mol. The lowest BCUT2D eigenvalue weighted by Crippen LogP contribution is -2.30. The second-order valence-corrected chi connectivity index (χ2v) is 4.38. The number of carboxylic acid groups (broad SMARTS) is 1. The summed E-state index contributed by atoms with van der Waals surface area (Å²) >= 11 is 0. The number of aromatic carboxylic acids is 1. The number of carboxylic acids is 1. The standard InChI is InChI=1S/C14H20N2O5/c1-2-7-21-8-3-6-15-14(20)16-11-5-4-10(13(18)19)9-12(11)17/h4-5,9,17H,2-3,6-8H2,1H3,(H,18,19)(H2,15,16,20). The molecule has 0 aromatic heterocycles. The molecule has 7 nitrogen and oxygen atoms in total. The van der Waals surface area contributed by atoms with Crippen LogP contribution in [-0.4, -0.2) is 42.0 Å². The van der Waals surface area contributed by atoms with Gasteiger partial charge in [-0.25, -0.2) is 9.59 Å². The zero-order valence-corrected chi connectivity index (χ0v) is 11.9. The summed E-state index contributed by atoms with van der Waals surface area (Å²) in [7, 11) is 0. The molecule has 1 aromatic rings. The summed E-state index contributed by atoms with van der Waals surface area (Å²) in [6, 6.07) is 3.25. The number of urea groups is 1. The van der Waals surface area contributed by atoms with Crippen LogP contribution in [-0.2, 0) is 4.74 Å². The van der Waals surface area contributed by atoms with Crippen LogP contribution < -0.4 is 10.6 Å². The van der Waals surface area contributed by atoms with Crippen molar-refractivity contribution < 1.29 is 24.5 Å². The molecule has 0 aliphatic heterocycles. The van der Waals surface area contributed by atoms with E-state index in [1.54, 1.807) is 0 Å². The van der Waals surface area contributed by atoms with Crippen LogP contribution in [0.2, 0.25) is 0 Å². The van der Waals surface area contributed by atoms with E-state index in [2.05, 4.69) is 10.6 Å². The zero-order chi connectivity index (χ0) is 15.7. The van der Waals surface area contributed by atoms with E-state index in [4.69, 9.17) is 9.84 Å². The van der Waals surface area contributed by atoms with E-state index in [-0.39, 0.29) is 17.0 Å². The van der Waals surface area contributed by atoms with Gasteiger partial charge in [0.15, 0.2) is 0 Å². The van der Waals surface area contributed by atoms with Crippen LogP contribution >= 0.6 is 0 Å². The van der Waals surface area contributed by atoms with E-state index in [0.717, 1.165) is 12.5 Å². The highest BCUT2D eigenvalue weighted by Crippen LogP contribution is 2.24. The highest BCUT2D eigenvalue weighted by Gasteiger charge is 2.09. The van der Waals surface area contributed by atoms with Gasteiger partial charge in [-0.1, -0.05) is 6.92 Å². The average Bonchev–Trinajstić information content (AvgIpc) is 2.44. The summed E-state index contributed by atoms with van der Waals surface area (Å²) in [6.07, 6.45) is 1.65. The number of hydrogen-bond donors (Lipinski definition) is 4. The number of aromatic hydroxyl groups is 1. The van der Waals surface area contributed by atoms with E-state index >= 15 is 0 Å². The molecule has 0 spiro atoms. The second kappa shape index (κ2) is 8.80. The van der Waals surface area contributed by atoms with Gasteiger partial charge in [0.05, 0.1) is 11.3 Å². The number of nitrogens with one attached hydrogen (secondary N) is 2. The Morgan fingerprint density at radius 1 is 1.29 bits per heavy atom. The maximum Gasteiger partial charge on any atom is 0.335 e. The Morgan fingerprint density at radius 3 is 2.67 bits per heavy atom. The van der Waals surface area contributed by atoms with Crippen molar-refractivity contribution in [2.24, 2.45) is 0 Å². The maximum absolute atomic E-state index is 11.6. The molecule has 2 amide bonds. The fourth-order valence-corrected chi connectivity index (χ4v) is 1.56. The van der Waals surface area contributed by atoms with Gasteiger partial charge >= 0.3 is 12.0 Å². The van der Waals surface area contributed by atoms with Crippen molar-refractivity contribution in [1.82, 2.24) is 5.32 Å². The van der Waals surface area contributed by atoms with E-state index in [0.29, 0.717) is 26.2 Å². The van der Waals surface area contributed by atoms with E-state index in [1.807, 2.05) is 6.92 Å². The van der Waals surface area contributed by atoms with E-state index in [1.165, 1.54) is 12.1 Å². The molecule has 0 unspecified atom stereocenters. The molecule has 0 aliphatic carbocycles. The van der Waals surface area contributed by atoms with Crippen molar-refractivity contribution in [1.29, 1.82) is 0 Å². The van der Waals surface area contributed by atoms with E-state index in [9.17, 15) is 14.7 Å². The van der Waals surface area contributed by atoms with Crippen LogP contribution in [0, 0.1) is 0 Å². The third-order valence-electron chi connectivity index (χ3n) is 2.59. The minimum atomic E-state index is -1.15. The predicted octanol–water partition coefficient (Wildman–Crippen LogP) is 2.03. The van der Waals surface area contributed by atoms with Crippen LogP contribution in [0.25, 0.3) is 0 Å². The highest BCUT2D eigenvalue weighted by molar-refractivity contribution is 5.93. The molecule has 0 saturated carbocycles. The van der Waals surface area contributed by atoms with Gasteiger partial charge in [0.1, 0.15) is 5.75 Å². The molecule has 0 fully saturated rings. The van der Waals surface area contributed by atoms with Crippen LogP contribution in [0.4, 0.5) is 10.5 Å². The van der Waals surface area contributed by atoms with Crippen LogP contribution in [0.3, 0.4) is 0 Å². The minimum Gasteiger partial charge on any atom is -0.506 e. The van der Waals surface area contributed by atoms with Gasteiger partial charge in [-0.15, -0.1) is 0 Å². The summed E-state index contributed by atoms with van der Waals surface area (Å²) in [4.78, 5) is 22.3. The van der Waals surface area contributed by atoms with E-state index < -0.39 is 12.0 Å². The first-order chi connectivity index (χ1) is 10.0. The Kier molecular flexibility index (Phi) is 7.03. The third kappa shape index (κ3) is 6.13. The van der Waals surface area contributed by atoms with Gasteiger partial charge < -0.3 is 25.6 Å². The Bertz CT molecular complexity index is 490. The molecule has 21 heavy (non-hydrogen) atoms. The lowest BCUT2D eigenvalue weighted by Gasteiger charge is -2.09. The van der Waals surface area contributed by atoms with Gasteiger partial charge in [-0.2, -0.15) is 0 Å². The maximum atomic E-state index is 11.6. The minimum absolute atomic E-state index is 0.0495. The molecule has 4 N–H and O–H groups in total. The summed E-state index contributed by atoms with van der Waals surface area (Å²) in [5.41, 5.74) is 0.103. The van der Waals surface area contributed by atoms with Gasteiger partial charge in [0, 0.05) is 19.8 Å². The molecule has 1 aromatic carbocycles. The Balaban J connectivity index is 2.36. The summed E-state index contributed by atoms with van der Waals surface area (Å²) in [6.45, 7) is 3.75. The second-order valence-electron chi connectivity index (χ2n) is 4.38. The molecule has 0 atom stereocenters. The first kappa shape index (κ1) is 16.8. The number of carbonyl (C=O) groups excluding carboxylic acids is 1. The van der Waals surface area contributed by atoms with Crippen molar-refractivity contribution in [3.05, 3.63) is 23.8 Å². The molecule has 1 rings (SSSR count). The first-order valence-corrected chi connectivity index (χ1v) is 6.73. The zero-order valence-electron chi connectivity index (χ0n) is 11.9. The molecule has 0 bridgehead atoms. The largest absolute Gasteiger partial charge is 0.506 e. The topological polar surface area (TPSA) is 108 Å². The fraction of sp³-hybridized carbons (Fsp3) is 0.429. The van der Waals surface area contributed by atoms with Gasteiger partial charge in [0.2, 0.25) is 0 Å². The van der Waals surface area contributed by atoms with Crippen molar-refractivity contribution in [2.45, 2.75) is 19.8 Å². The van der Waals surface area contributed by atoms with Gasteiger partial charge in [-0.05, 0) is 31.0 Å². The van der Waals surface area contributed by atoms with Crippen LogP contribution in [0.1, 0.15) is 30.1 Å². The summed E-state index contributed by atoms with van der Waals surface area (Å²) in [5, 5.41) is 23.5. The Morgan fingerprint density at radius 2 is 2.05 bits per heavy atom. The number of rotatable bonds is 8. The number of benzene rings is 1. The van der Waals surface area contributed by atoms with Gasteiger partial charge in [-0.3, -0.25) is 0 Å². The van der Waals surface area contributed by atoms with Crippen LogP contribution in [0.15, 0.2) is 18.2 Å². The number of carbonyl (C=O) groups is 2. The lowest BCUT2D eigenvalue weighted by atomic mass is 10.2. The van der Waals surface area contributed by atoms with Crippen molar-refractivity contribution in [3.8, 4) is 5.75 Å². The molecule has 0 radical (unpaired) electrons. The molecule has 0 saturated heterocycles. The van der Waals surface area contributed by atoms with Crippen molar-refractivity contribution in [3.63, 3.8) is 0 Å². The molecule has 7 heteroatoms. The normalized spacial score (nSPS) is 10.1.